The second kappa shape index (κ2) is 3.72. The lowest BCUT2D eigenvalue weighted by Crippen LogP contribution is -2.01. The van der Waals surface area contributed by atoms with E-state index in [4.69, 9.17) is 0 Å². The standard InChI is InChI=1S/C6H10OS/c1-5(2)3-6(7)4-8/h4-5H,3H2,1-2H3. The van der Waals surface area contributed by atoms with Crippen LogP contribution < -0.4 is 0 Å². The molecular formula is C6H10OS. The van der Waals surface area contributed by atoms with Gasteiger partial charge in [0.05, 0.1) is 0 Å². The zero-order chi connectivity index (χ0) is 6.57. The molecule has 0 aromatic carbocycles. The van der Waals surface area contributed by atoms with Gasteiger partial charge in [0.15, 0.2) is 5.78 Å². The predicted octanol–water partition coefficient (Wildman–Crippen LogP) is 1.60. The number of ketones is 1. The molecule has 0 amide bonds. The predicted molar refractivity (Wildman–Crippen MR) is 38.1 cm³/mol. The number of hydrogen-bond donors (Lipinski definition) is 0. The van der Waals surface area contributed by atoms with Crippen LogP contribution in [-0.4, -0.2) is 11.2 Å². The van der Waals surface area contributed by atoms with Crippen molar-refractivity contribution in [2.24, 2.45) is 5.92 Å². The van der Waals surface area contributed by atoms with Crippen molar-refractivity contribution in [3.63, 3.8) is 0 Å². The van der Waals surface area contributed by atoms with E-state index in [9.17, 15) is 4.79 Å². The van der Waals surface area contributed by atoms with E-state index in [1.165, 1.54) is 5.37 Å². The van der Waals surface area contributed by atoms with Gasteiger partial charge in [-0.05, 0) is 5.92 Å². The second-order valence-electron chi connectivity index (χ2n) is 2.18. The third kappa shape index (κ3) is 3.93. The third-order valence-electron chi connectivity index (χ3n) is 0.741. The van der Waals surface area contributed by atoms with E-state index < -0.39 is 0 Å². The van der Waals surface area contributed by atoms with E-state index in [1.807, 2.05) is 13.8 Å². The van der Waals surface area contributed by atoms with Crippen LogP contribution in [0.1, 0.15) is 20.3 Å². The molecule has 0 aromatic rings. The summed E-state index contributed by atoms with van der Waals surface area (Å²) in [5, 5.41) is 1.21. The molecule has 0 heterocycles. The molecule has 0 radical (unpaired) electrons. The summed E-state index contributed by atoms with van der Waals surface area (Å²) in [4.78, 5) is 10.5. The Morgan fingerprint density at radius 3 is 2.38 bits per heavy atom. The van der Waals surface area contributed by atoms with Crippen LogP contribution in [0.2, 0.25) is 0 Å². The number of carbonyl (C=O) groups is 1. The fraction of sp³-hybridized carbons (Fsp3) is 0.667. The number of hydrogen-bond acceptors (Lipinski definition) is 2. The molecule has 0 N–H and O–H groups in total. The molecule has 0 unspecified atom stereocenters. The molecule has 8 heavy (non-hydrogen) atoms. The van der Waals surface area contributed by atoms with E-state index in [2.05, 4.69) is 12.2 Å². The van der Waals surface area contributed by atoms with E-state index in [0.29, 0.717) is 12.3 Å². The largest absolute Gasteiger partial charge is 0.294 e. The Labute approximate surface area is 55.1 Å². The van der Waals surface area contributed by atoms with Crippen LogP contribution in [0.25, 0.3) is 0 Å². The molecular weight excluding hydrogens is 120 g/mol. The second-order valence-corrected chi connectivity index (χ2v) is 2.42. The smallest absolute Gasteiger partial charge is 0.166 e. The fourth-order valence-corrected chi connectivity index (χ4v) is 0.547. The molecule has 2 heteroatoms. The first-order valence-corrected chi connectivity index (χ1v) is 3.12. The first-order valence-electron chi connectivity index (χ1n) is 2.65. The van der Waals surface area contributed by atoms with Gasteiger partial charge < -0.3 is 0 Å². The highest BCUT2D eigenvalue weighted by Gasteiger charge is 1.98. The maximum absolute atomic E-state index is 10.5. The summed E-state index contributed by atoms with van der Waals surface area (Å²) in [6, 6.07) is 0. The molecule has 46 valence electrons. The maximum atomic E-state index is 10.5. The van der Waals surface area contributed by atoms with Gasteiger partial charge in [0.2, 0.25) is 0 Å². The minimum atomic E-state index is 0.0648. The molecule has 0 bridgehead atoms. The minimum absolute atomic E-state index is 0.0648. The first kappa shape index (κ1) is 7.76. The number of rotatable bonds is 3. The Balaban J connectivity index is 3.39. The molecule has 0 aliphatic rings. The summed E-state index contributed by atoms with van der Waals surface area (Å²) in [6.45, 7) is 3.99. The quantitative estimate of drug-likeness (QED) is 0.540. The fourth-order valence-electron chi connectivity index (χ4n) is 0.450. The molecule has 0 aliphatic carbocycles. The van der Waals surface area contributed by atoms with Gasteiger partial charge in [-0.25, -0.2) is 0 Å². The lowest BCUT2D eigenvalue weighted by molar-refractivity contribution is -0.113. The van der Waals surface area contributed by atoms with Crippen molar-refractivity contribution in [3.8, 4) is 0 Å². The van der Waals surface area contributed by atoms with Gasteiger partial charge in [-0.3, -0.25) is 4.79 Å². The van der Waals surface area contributed by atoms with Crippen molar-refractivity contribution in [1.82, 2.24) is 0 Å². The van der Waals surface area contributed by atoms with Gasteiger partial charge in [-0.15, -0.1) is 0 Å². The summed E-state index contributed by atoms with van der Waals surface area (Å²) in [6.07, 6.45) is 0.587. The van der Waals surface area contributed by atoms with Gasteiger partial charge in [0.1, 0.15) is 0 Å². The Morgan fingerprint density at radius 1 is 1.75 bits per heavy atom. The average molecular weight is 130 g/mol. The number of carbonyl (C=O) groups excluding carboxylic acids is 1. The molecule has 0 saturated heterocycles. The monoisotopic (exact) mass is 130 g/mol. The van der Waals surface area contributed by atoms with Crippen molar-refractivity contribution in [3.05, 3.63) is 0 Å². The van der Waals surface area contributed by atoms with Crippen LogP contribution in [0.15, 0.2) is 0 Å². The Morgan fingerprint density at radius 2 is 2.25 bits per heavy atom. The molecule has 0 rings (SSSR count). The summed E-state index contributed by atoms with van der Waals surface area (Å²) < 4.78 is 0. The average Bonchev–Trinajstić information content (AvgIpc) is 1.65. The van der Waals surface area contributed by atoms with Crippen LogP contribution in [0, 0.1) is 5.92 Å². The summed E-state index contributed by atoms with van der Waals surface area (Å²) >= 11 is 4.42. The van der Waals surface area contributed by atoms with Crippen LogP contribution in [-0.2, 0) is 4.79 Å². The Kier molecular flexibility index (Phi) is 3.61. The molecule has 1 nitrogen and oxygen atoms in total. The van der Waals surface area contributed by atoms with Gasteiger partial charge in [-0.2, -0.15) is 0 Å². The lowest BCUT2D eigenvalue weighted by atomic mass is 10.1. The van der Waals surface area contributed by atoms with Crippen LogP contribution in [0.5, 0.6) is 0 Å². The van der Waals surface area contributed by atoms with Crippen molar-refractivity contribution in [2.75, 3.05) is 0 Å². The van der Waals surface area contributed by atoms with E-state index >= 15 is 0 Å². The third-order valence-corrected chi connectivity index (χ3v) is 1.00. The summed E-state index contributed by atoms with van der Waals surface area (Å²) in [7, 11) is 0. The van der Waals surface area contributed by atoms with E-state index in [1.54, 1.807) is 0 Å². The lowest BCUT2D eigenvalue weighted by Gasteiger charge is -1.95. The van der Waals surface area contributed by atoms with E-state index in [-0.39, 0.29) is 5.78 Å². The topological polar surface area (TPSA) is 17.1 Å². The normalized spacial score (nSPS) is 9.38. The molecule has 0 saturated carbocycles. The van der Waals surface area contributed by atoms with E-state index in [0.717, 1.165) is 0 Å². The van der Waals surface area contributed by atoms with Crippen LogP contribution in [0.4, 0.5) is 0 Å². The SMILES string of the molecule is CC(C)CC(=O)C=S. The summed E-state index contributed by atoms with van der Waals surface area (Å²) in [5.41, 5.74) is 0. The van der Waals surface area contributed by atoms with Gasteiger partial charge in [0.25, 0.3) is 0 Å². The summed E-state index contributed by atoms with van der Waals surface area (Å²) in [5.74, 6) is 0.497. The van der Waals surface area contributed by atoms with Crippen molar-refractivity contribution in [2.45, 2.75) is 20.3 Å². The maximum Gasteiger partial charge on any atom is 0.166 e. The molecule has 0 spiro atoms. The van der Waals surface area contributed by atoms with Crippen LogP contribution >= 0.6 is 12.2 Å². The molecule has 0 aliphatic heterocycles. The minimum Gasteiger partial charge on any atom is -0.294 e. The number of Topliss-reactive ketones (excluding diaryl/α,β-unsaturated/α-hetero) is 1. The van der Waals surface area contributed by atoms with Crippen molar-refractivity contribution in [1.29, 1.82) is 0 Å². The molecule has 0 aromatic heterocycles. The highest BCUT2D eigenvalue weighted by atomic mass is 32.1. The number of thiocarbonyl (C=S) groups is 1. The Hall–Kier alpha value is -0.240. The van der Waals surface area contributed by atoms with Gasteiger partial charge in [0, 0.05) is 11.8 Å². The Bertz CT molecular complexity index is 96.7. The van der Waals surface area contributed by atoms with Crippen molar-refractivity contribution < 1.29 is 4.79 Å². The zero-order valence-corrected chi connectivity index (χ0v) is 5.99. The molecule has 0 fully saturated rings. The van der Waals surface area contributed by atoms with Crippen molar-refractivity contribution >= 4 is 23.4 Å². The highest BCUT2D eigenvalue weighted by molar-refractivity contribution is 7.80. The highest BCUT2D eigenvalue weighted by Crippen LogP contribution is 1.97. The van der Waals surface area contributed by atoms with Gasteiger partial charge >= 0.3 is 0 Å². The zero-order valence-electron chi connectivity index (χ0n) is 5.18. The van der Waals surface area contributed by atoms with Crippen LogP contribution in [0.3, 0.4) is 0 Å². The molecule has 0 atom stereocenters. The van der Waals surface area contributed by atoms with Gasteiger partial charge in [-0.1, -0.05) is 26.1 Å². The first-order chi connectivity index (χ1) is 3.66.